The van der Waals surface area contributed by atoms with Crippen LogP contribution in [0.4, 0.5) is 0 Å². The Balaban J connectivity index is 1.58. The number of benzene rings is 1. The Morgan fingerprint density at radius 2 is 1.67 bits per heavy atom. The molecule has 7 heteroatoms. The first-order valence-electron chi connectivity index (χ1n) is 10.4. The van der Waals surface area contributed by atoms with E-state index in [-0.39, 0.29) is 11.8 Å². The Bertz CT molecular complexity index is 908. The topological polar surface area (TPSA) is 66.4 Å². The highest BCUT2D eigenvalue weighted by atomic mass is 32.2. The molecule has 1 aromatic carbocycles. The smallest absolute Gasteiger partial charge is 0.253 e. The Labute approximate surface area is 183 Å². The van der Waals surface area contributed by atoms with Gasteiger partial charge in [0, 0.05) is 49.6 Å². The van der Waals surface area contributed by atoms with Gasteiger partial charge in [-0.3, -0.25) is 9.59 Å². The van der Waals surface area contributed by atoms with Crippen molar-refractivity contribution in [2.24, 2.45) is 0 Å². The number of hydrogen-bond acceptors (Lipinski definition) is 5. The molecule has 1 aliphatic heterocycles. The van der Waals surface area contributed by atoms with Crippen LogP contribution in [0.5, 0.6) is 0 Å². The minimum atomic E-state index is 0.0466. The number of carbonyl (C=O) groups excluding carboxylic acids is 2. The zero-order valence-corrected chi connectivity index (χ0v) is 19.1. The van der Waals surface area contributed by atoms with E-state index in [1.807, 2.05) is 61.1 Å². The van der Waals surface area contributed by atoms with Crippen LogP contribution in [0.15, 0.2) is 29.4 Å². The first-order chi connectivity index (χ1) is 14.4. The SMILES string of the molecule is CSc1nc(C)c(CCC(=O)N2CCCN(C(=O)c3cccc(C)c3)CC2)c(C)n1. The quantitative estimate of drug-likeness (QED) is 0.541. The van der Waals surface area contributed by atoms with Gasteiger partial charge in [-0.2, -0.15) is 0 Å². The number of amides is 2. The average molecular weight is 427 g/mol. The molecule has 30 heavy (non-hydrogen) atoms. The van der Waals surface area contributed by atoms with Crippen LogP contribution in [0.25, 0.3) is 0 Å². The fraction of sp³-hybridized carbons (Fsp3) is 0.478. The lowest BCUT2D eigenvalue weighted by atomic mass is 10.1. The summed E-state index contributed by atoms with van der Waals surface area (Å²) in [5, 5.41) is 0.769. The van der Waals surface area contributed by atoms with Gasteiger partial charge in [-0.25, -0.2) is 9.97 Å². The van der Waals surface area contributed by atoms with Crippen molar-refractivity contribution >= 4 is 23.6 Å². The van der Waals surface area contributed by atoms with Gasteiger partial charge in [-0.15, -0.1) is 0 Å². The van der Waals surface area contributed by atoms with Crippen LogP contribution in [0.3, 0.4) is 0 Å². The molecule has 2 aromatic rings. The molecule has 0 N–H and O–H groups in total. The van der Waals surface area contributed by atoms with Crippen LogP contribution in [0.1, 0.15) is 45.7 Å². The summed E-state index contributed by atoms with van der Waals surface area (Å²) in [7, 11) is 0. The van der Waals surface area contributed by atoms with E-state index in [1.54, 1.807) is 0 Å². The van der Waals surface area contributed by atoms with Crippen LogP contribution < -0.4 is 0 Å². The lowest BCUT2D eigenvalue weighted by Gasteiger charge is -2.22. The van der Waals surface area contributed by atoms with E-state index < -0.39 is 0 Å². The van der Waals surface area contributed by atoms with Crippen LogP contribution in [0, 0.1) is 20.8 Å². The van der Waals surface area contributed by atoms with Crippen LogP contribution in [-0.4, -0.2) is 64.0 Å². The molecule has 0 unspecified atom stereocenters. The minimum Gasteiger partial charge on any atom is -0.341 e. The third-order valence-corrected chi connectivity index (χ3v) is 6.12. The van der Waals surface area contributed by atoms with Crippen LogP contribution >= 0.6 is 11.8 Å². The molecule has 2 amide bonds. The molecule has 160 valence electrons. The molecule has 1 aliphatic rings. The molecule has 3 rings (SSSR count). The average Bonchev–Trinajstić information content (AvgIpc) is 2.98. The molecular formula is C23H30N4O2S. The highest BCUT2D eigenvalue weighted by Crippen LogP contribution is 2.18. The molecule has 0 spiro atoms. The molecule has 0 bridgehead atoms. The Morgan fingerprint density at radius 3 is 2.33 bits per heavy atom. The maximum absolute atomic E-state index is 12.8. The van der Waals surface area contributed by atoms with E-state index >= 15 is 0 Å². The summed E-state index contributed by atoms with van der Waals surface area (Å²) in [5.41, 5.74) is 4.75. The van der Waals surface area contributed by atoms with Gasteiger partial charge in [0.05, 0.1) is 0 Å². The molecular weight excluding hydrogens is 396 g/mol. The minimum absolute atomic E-state index is 0.0466. The zero-order valence-electron chi connectivity index (χ0n) is 18.3. The monoisotopic (exact) mass is 426 g/mol. The molecule has 0 atom stereocenters. The van der Waals surface area contributed by atoms with Crippen LogP contribution in [-0.2, 0) is 11.2 Å². The lowest BCUT2D eigenvalue weighted by molar-refractivity contribution is -0.131. The molecule has 6 nitrogen and oxygen atoms in total. The van der Waals surface area contributed by atoms with Gasteiger partial charge in [0.2, 0.25) is 5.91 Å². The van der Waals surface area contributed by atoms with Crippen molar-refractivity contribution in [2.75, 3.05) is 32.4 Å². The normalized spacial score (nSPS) is 14.5. The van der Waals surface area contributed by atoms with E-state index in [2.05, 4.69) is 9.97 Å². The van der Waals surface area contributed by atoms with Gasteiger partial charge >= 0.3 is 0 Å². The summed E-state index contributed by atoms with van der Waals surface area (Å²) in [6, 6.07) is 7.68. The summed E-state index contributed by atoms with van der Waals surface area (Å²) >= 11 is 1.53. The number of nitrogens with zero attached hydrogens (tertiary/aromatic N) is 4. The van der Waals surface area contributed by atoms with Gasteiger partial charge in [-0.05, 0) is 57.6 Å². The standard InChI is InChI=1S/C23H30N4O2S/c1-16-7-5-8-19(15-16)22(29)27-12-6-11-26(13-14-27)21(28)10-9-20-17(2)24-23(30-4)25-18(20)3/h5,7-8,15H,6,9-14H2,1-4H3. The van der Waals surface area contributed by atoms with E-state index in [4.69, 9.17) is 0 Å². The molecule has 1 aromatic heterocycles. The number of aryl methyl sites for hydroxylation is 3. The highest BCUT2D eigenvalue weighted by molar-refractivity contribution is 7.98. The summed E-state index contributed by atoms with van der Waals surface area (Å²) in [6.45, 7) is 8.47. The Morgan fingerprint density at radius 1 is 1.00 bits per heavy atom. The van der Waals surface area contributed by atoms with Crippen LogP contribution in [0.2, 0.25) is 0 Å². The largest absolute Gasteiger partial charge is 0.341 e. The number of carbonyl (C=O) groups is 2. The third-order valence-electron chi connectivity index (χ3n) is 5.57. The Hall–Kier alpha value is -2.41. The number of aromatic nitrogens is 2. The summed E-state index contributed by atoms with van der Waals surface area (Å²) in [6.07, 6.45) is 3.85. The predicted molar refractivity (Wildman–Crippen MR) is 120 cm³/mol. The second-order valence-electron chi connectivity index (χ2n) is 7.76. The second kappa shape index (κ2) is 10.1. The van der Waals surface area contributed by atoms with Crippen molar-refractivity contribution < 1.29 is 9.59 Å². The van der Waals surface area contributed by atoms with Gasteiger partial charge in [0.15, 0.2) is 5.16 Å². The summed E-state index contributed by atoms with van der Waals surface area (Å²) in [5.74, 6) is 0.179. The van der Waals surface area contributed by atoms with Gasteiger partial charge in [0.25, 0.3) is 5.91 Å². The molecule has 0 saturated carbocycles. The highest BCUT2D eigenvalue weighted by Gasteiger charge is 2.23. The zero-order chi connectivity index (χ0) is 21.7. The van der Waals surface area contributed by atoms with Crippen molar-refractivity contribution in [3.8, 4) is 0 Å². The molecule has 0 aliphatic carbocycles. The van der Waals surface area contributed by atoms with Gasteiger partial charge in [0.1, 0.15) is 0 Å². The summed E-state index contributed by atoms with van der Waals surface area (Å²) < 4.78 is 0. The number of rotatable bonds is 5. The lowest BCUT2D eigenvalue weighted by Crippen LogP contribution is -2.37. The maximum Gasteiger partial charge on any atom is 0.253 e. The van der Waals surface area contributed by atoms with Crippen molar-refractivity contribution in [2.45, 2.75) is 45.2 Å². The first kappa shape index (κ1) is 22.3. The van der Waals surface area contributed by atoms with E-state index in [1.165, 1.54) is 11.8 Å². The van der Waals surface area contributed by atoms with Gasteiger partial charge in [-0.1, -0.05) is 29.5 Å². The van der Waals surface area contributed by atoms with Gasteiger partial charge < -0.3 is 9.80 Å². The molecule has 0 radical (unpaired) electrons. The van der Waals surface area contributed by atoms with E-state index in [9.17, 15) is 9.59 Å². The van der Waals surface area contributed by atoms with E-state index in [0.717, 1.165) is 39.7 Å². The van der Waals surface area contributed by atoms with Crippen molar-refractivity contribution in [1.29, 1.82) is 0 Å². The van der Waals surface area contributed by atoms with Crippen molar-refractivity contribution in [3.63, 3.8) is 0 Å². The first-order valence-corrected chi connectivity index (χ1v) is 11.6. The third kappa shape index (κ3) is 5.39. The van der Waals surface area contributed by atoms with Crippen molar-refractivity contribution in [3.05, 3.63) is 52.3 Å². The number of hydrogen-bond donors (Lipinski definition) is 0. The van der Waals surface area contributed by atoms with E-state index in [0.29, 0.717) is 39.0 Å². The molecule has 1 saturated heterocycles. The maximum atomic E-state index is 12.8. The second-order valence-corrected chi connectivity index (χ2v) is 8.53. The fourth-order valence-electron chi connectivity index (χ4n) is 3.88. The Kier molecular flexibility index (Phi) is 7.48. The molecule has 2 heterocycles. The van der Waals surface area contributed by atoms with Crippen molar-refractivity contribution in [1.82, 2.24) is 19.8 Å². The predicted octanol–water partition coefficient (Wildman–Crippen LogP) is 3.43. The molecule has 1 fully saturated rings. The fourth-order valence-corrected chi connectivity index (χ4v) is 4.34. The number of thioether (sulfide) groups is 1. The summed E-state index contributed by atoms with van der Waals surface area (Å²) in [4.78, 5) is 38.4.